The van der Waals surface area contributed by atoms with E-state index in [1.807, 2.05) is 6.07 Å². The van der Waals surface area contributed by atoms with Crippen molar-refractivity contribution in [2.45, 2.75) is 13.5 Å². The second-order valence-electron chi connectivity index (χ2n) is 4.36. The van der Waals surface area contributed by atoms with Gasteiger partial charge in [-0.15, -0.1) is 0 Å². The van der Waals surface area contributed by atoms with Gasteiger partial charge in [0, 0.05) is 14.1 Å². The summed E-state index contributed by atoms with van der Waals surface area (Å²) in [5, 5.41) is 0.537. The molecule has 0 unspecified atom stereocenters. The lowest BCUT2D eigenvalue weighted by Crippen LogP contribution is -2.33. The van der Waals surface area contributed by atoms with Crippen LogP contribution < -0.4 is 5.56 Å². The van der Waals surface area contributed by atoms with Crippen molar-refractivity contribution in [3.05, 3.63) is 40.4 Å². The maximum Gasteiger partial charge on any atom is 0.261 e. The molecule has 0 radical (unpaired) electrons. The average molecular weight is 245 g/mol. The molecule has 0 saturated heterocycles. The Bertz CT molecular complexity index is 659. The summed E-state index contributed by atoms with van der Waals surface area (Å²) in [6.07, 6.45) is 0. The van der Waals surface area contributed by atoms with E-state index in [-0.39, 0.29) is 18.0 Å². The van der Waals surface area contributed by atoms with Crippen molar-refractivity contribution >= 4 is 16.8 Å². The van der Waals surface area contributed by atoms with Gasteiger partial charge < -0.3 is 4.90 Å². The third kappa shape index (κ3) is 2.11. The number of fused-ring (bicyclic) bond motifs is 1. The van der Waals surface area contributed by atoms with Crippen molar-refractivity contribution in [2.24, 2.45) is 0 Å². The summed E-state index contributed by atoms with van der Waals surface area (Å²) in [6, 6.07) is 7.14. The number of amides is 1. The lowest BCUT2D eigenvalue weighted by molar-refractivity contribution is -0.129. The van der Waals surface area contributed by atoms with Crippen molar-refractivity contribution in [3.8, 4) is 0 Å². The molecular weight excluding hydrogens is 230 g/mol. The van der Waals surface area contributed by atoms with Gasteiger partial charge in [-0.2, -0.15) is 0 Å². The van der Waals surface area contributed by atoms with E-state index >= 15 is 0 Å². The zero-order valence-electron chi connectivity index (χ0n) is 10.7. The van der Waals surface area contributed by atoms with Crippen LogP contribution in [0.15, 0.2) is 29.1 Å². The van der Waals surface area contributed by atoms with Gasteiger partial charge in [0.1, 0.15) is 12.4 Å². The lowest BCUT2D eigenvalue weighted by Gasteiger charge is -2.14. The Balaban J connectivity index is 2.58. The number of carbonyl (C=O) groups is 1. The topological polar surface area (TPSA) is 55.2 Å². The maximum absolute atomic E-state index is 12.3. The van der Waals surface area contributed by atoms with Gasteiger partial charge in [-0.05, 0) is 19.1 Å². The van der Waals surface area contributed by atoms with Crippen molar-refractivity contribution < 1.29 is 4.79 Å². The molecule has 0 bridgehead atoms. The van der Waals surface area contributed by atoms with Crippen LogP contribution in [0.25, 0.3) is 10.9 Å². The van der Waals surface area contributed by atoms with Gasteiger partial charge in [-0.3, -0.25) is 14.2 Å². The number of benzene rings is 1. The molecule has 18 heavy (non-hydrogen) atoms. The van der Waals surface area contributed by atoms with Crippen molar-refractivity contribution in [3.63, 3.8) is 0 Å². The molecule has 0 atom stereocenters. The standard InChI is InChI=1S/C13H15N3O2/c1-9-14-11-7-5-4-6-10(11)13(18)16(9)8-12(17)15(2)3/h4-7H,8H2,1-3H3. The van der Waals surface area contributed by atoms with E-state index in [4.69, 9.17) is 0 Å². The van der Waals surface area contributed by atoms with Gasteiger partial charge >= 0.3 is 0 Å². The molecule has 94 valence electrons. The quantitative estimate of drug-likeness (QED) is 0.786. The molecule has 1 aromatic heterocycles. The molecule has 0 aliphatic carbocycles. The predicted octanol–water partition coefficient (Wildman–Crippen LogP) is 0.793. The highest BCUT2D eigenvalue weighted by molar-refractivity contribution is 5.79. The highest BCUT2D eigenvalue weighted by Crippen LogP contribution is 2.07. The third-order valence-electron chi connectivity index (χ3n) is 2.84. The molecule has 0 aliphatic rings. The zero-order valence-corrected chi connectivity index (χ0v) is 10.7. The first-order chi connectivity index (χ1) is 8.50. The van der Waals surface area contributed by atoms with Crippen LogP contribution in [0.4, 0.5) is 0 Å². The summed E-state index contributed by atoms with van der Waals surface area (Å²) in [4.78, 5) is 29.8. The molecule has 2 rings (SSSR count). The summed E-state index contributed by atoms with van der Waals surface area (Å²) >= 11 is 0. The van der Waals surface area contributed by atoms with Crippen LogP contribution in [0.2, 0.25) is 0 Å². The largest absolute Gasteiger partial charge is 0.347 e. The molecule has 0 fully saturated rings. The number of hydrogen-bond donors (Lipinski definition) is 0. The molecule has 0 saturated carbocycles. The zero-order chi connectivity index (χ0) is 13.3. The molecular formula is C13H15N3O2. The average Bonchev–Trinajstić information content (AvgIpc) is 2.34. The summed E-state index contributed by atoms with van der Waals surface area (Å²) < 4.78 is 1.41. The minimum Gasteiger partial charge on any atom is -0.347 e. The van der Waals surface area contributed by atoms with Crippen molar-refractivity contribution in [1.29, 1.82) is 0 Å². The Morgan fingerprint density at radius 2 is 2.00 bits per heavy atom. The first-order valence-corrected chi connectivity index (χ1v) is 5.67. The second kappa shape index (κ2) is 4.60. The monoisotopic (exact) mass is 245 g/mol. The van der Waals surface area contributed by atoms with Gasteiger partial charge in [-0.1, -0.05) is 12.1 Å². The van der Waals surface area contributed by atoms with Crippen LogP contribution in [0, 0.1) is 6.92 Å². The Labute approximate surface area is 105 Å². The number of aryl methyl sites for hydroxylation is 1. The van der Waals surface area contributed by atoms with Gasteiger partial charge in [0.2, 0.25) is 5.91 Å². The Hall–Kier alpha value is -2.17. The van der Waals surface area contributed by atoms with Gasteiger partial charge in [0.15, 0.2) is 0 Å². The predicted molar refractivity (Wildman–Crippen MR) is 69.4 cm³/mol. The van der Waals surface area contributed by atoms with E-state index < -0.39 is 0 Å². The normalized spacial score (nSPS) is 10.6. The number of likely N-dealkylation sites (N-methyl/N-ethyl adjacent to an activating group) is 1. The van der Waals surface area contributed by atoms with Gasteiger partial charge in [-0.25, -0.2) is 4.98 Å². The maximum atomic E-state index is 12.3. The van der Waals surface area contributed by atoms with Crippen molar-refractivity contribution in [1.82, 2.24) is 14.5 Å². The first kappa shape index (κ1) is 12.3. The second-order valence-corrected chi connectivity index (χ2v) is 4.36. The molecule has 5 nitrogen and oxygen atoms in total. The van der Waals surface area contributed by atoms with Crippen LogP contribution in [-0.4, -0.2) is 34.5 Å². The van der Waals surface area contributed by atoms with Crippen LogP contribution in [0.3, 0.4) is 0 Å². The summed E-state index contributed by atoms with van der Waals surface area (Å²) in [6.45, 7) is 1.76. The number of carbonyl (C=O) groups excluding carboxylic acids is 1. The molecule has 1 heterocycles. The summed E-state index contributed by atoms with van der Waals surface area (Å²) in [5.41, 5.74) is 0.488. The fourth-order valence-electron chi connectivity index (χ4n) is 1.74. The minimum atomic E-state index is -0.173. The summed E-state index contributed by atoms with van der Waals surface area (Å²) in [5.74, 6) is 0.422. The van der Waals surface area contributed by atoms with E-state index in [0.717, 1.165) is 0 Å². The highest BCUT2D eigenvalue weighted by Gasteiger charge is 2.12. The SMILES string of the molecule is Cc1nc2ccccc2c(=O)n1CC(=O)N(C)C. The Morgan fingerprint density at radius 3 is 2.67 bits per heavy atom. The molecule has 0 spiro atoms. The Kier molecular flexibility index (Phi) is 3.14. The van der Waals surface area contributed by atoms with Gasteiger partial charge in [0.05, 0.1) is 10.9 Å². The Morgan fingerprint density at radius 1 is 1.33 bits per heavy atom. The van der Waals surface area contributed by atoms with Crippen LogP contribution >= 0.6 is 0 Å². The number of rotatable bonds is 2. The summed E-state index contributed by atoms with van der Waals surface area (Å²) in [7, 11) is 3.33. The van der Waals surface area contributed by atoms with Crippen LogP contribution in [0.5, 0.6) is 0 Å². The fraction of sp³-hybridized carbons (Fsp3) is 0.308. The van der Waals surface area contributed by atoms with E-state index in [9.17, 15) is 9.59 Å². The number of aromatic nitrogens is 2. The number of hydrogen-bond acceptors (Lipinski definition) is 3. The molecule has 5 heteroatoms. The van der Waals surface area contributed by atoms with E-state index in [1.165, 1.54) is 9.47 Å². The molecule has 1 amide bonds. The smallest absolute Gasteiger partial charge is 0.261 e. The molecule has 0 aliphatic heterocycles. The van der Waals surface area contributed by atoms with Crippen LogP contribution in [0.1, 0.15) is 5.82 Å². The van der Waals surface area contributed by atoms with Crippen molar-refractivity contribution in [2.75, 3.05) is 14.1 Å². The highest BCUT2D eigenvalue weighted by atomic mass is 16.2. The van der Waals surface area contributed by atoms with E-state index in [2.05, 4.69) is 4.98 Å². The fourth-order valence-corrected chi connectivity index (χ4v) is 1.74. The third-order valence-corrected chi connectivity index (χ3v) is 2.84. The molecule has 0 N–H and O–H groups in total. The van der Waals surface area contributed by atoms with Crippen LogP contribution in [-0.2, 0) is 11.3 Å². The van der Waals surface area contributed by atoms with E-state index in [0.29, 0.717) is 16.7 Å². The number of para-hydroxylation sites is 1. The number of nitrogens with zero attached hydrogens (tertiary/aromatic N) is 3. The van der Waals surface area contributed by atoms with E-state index in [1.54, 1.807) is 39.2 Å². The lowest BCUT2D eigenvalue weighted by atomic mass is 10.2. The van der Waals surface area contributed by atoms with Gasteiger partial charge in [0.25, 0.3) is 5.56 Å². The minimum absolute atomic E-state index is 0.0233. The molecule has 1 aromatic carbocycles. The molecule has 2 aromatic rings. The first-order valence-electron chi connectivity index (χ1n) is 5.67.